The molecule has 1 fully saturated rings. The minimum atomic E-state index is -0.0120. The number of methoxy groups -OCH3 is 3. The maximum absolute atomic E-state index is 14.0. The first kappa shape index (κ1) is 25.0. The van der Waals surface area contributed by atoms with E-state index in [1.807, 2.05) is 41.0 Å². The molecule has 0 spiro atoms. The van der Waals surface area contributed by atoms with Gasteiger partial charge in [-0.15, -0.1) is 0 Å². The highest BCUT2D eigenvalue weighted by atomic mass is 16.5. The van der Waals surface area contributed by atoms with E-state index in [4.69, 9.17) is 19.2 Å². The predicted molar refractivity (Wildman–Crippen MR) is 140 cm³/mol. The zero-order chi connectivity index (χ0) is 24.9. The van der Waals surface area contributed by atoms with E-state index >= 15 is 0 Å². The van der Waals surface area contributed by atoms with Gasteiger partial charge in [0.2, 0.25) is 5.75 Å². The second kappa shape index (κ2) is 11.1. The molecule has 188 valence electrons. The zero-order valence-corrected chi connectivity index (χ0v) is 21.5. The molecule has 2 heterocycles. The van der Waals surface area contributed by atoms with Gasteiger partial charge in [-0.05, 0) is 62.5 Å². The van der Waals surface area contributed by atoms with Crippen molar-refractivity contribution in [2.75, 3.05) is 41.0 Å². The number of nitrogens with zero attached hydrogens (tertiary/aromatic N) is 3. The fourth-order valence-corrected chi connectivity index (χ4v) is 5.14. The maximum atomic E-state index is 14.0. The van der Waals surface area contributed by atoms with Crippen LogP contribution in [0.5, 0.6) is 17.2 Å². The van der Waals surface area contributed by atoms with Crippen molar-refractivity contribution in [3.63, 3.8) is 0 Å². The Morgan fingerprint density at radius 3 is 2.20 bits per heavy atom. The summed E-state index contributed by atoms with van der Waals surface area (Å²) in [6.07, 6.45) is 4.57. The van der Waals surface area contributed by atoms with Gasteiger partial charge in [0.15, 0.2) is 11.5 Å². The summed E-state index contributed by atoms with van der Waals surface area (Å²) in [5.74, 6) is 2.63. The van der Waals surface area contributed by atoms with E-state index in [0.717, 1.165) is 31.6 Å². The summed E-state index contributed by atoms with van der Waals surface area (Å²) >= 11 is 0. The number of rotatable bonds is 9. The third-order valence-corrected chi connectivity index (χ3v) is 6.76. The Hall–Kier alpha value is -3.06. The average Bonchev–Trinajstić information content (AvgIpc) is 2.87. The summed E-state index contributed by atoms with van der Waals surface area (Å²) in [5.41, 5.74) is 1.43. The third kappa shape index (κ3) is 5.30. The first-order valence-corrected chi connectivity index (χ1v) is 12.5. The van der Waals surface area contributed by atoms with Crippen LogP contribution in [0.4, 0.5) is 0 Å². The molecular weight excluding hydrogens is 442 g/mol. The van der Waals surface area contributed by atoms with Crippen LogP contribution in [-0.2, 0) is 0 Å². The van der Waals surface area contributed by atoms with Gasteiger partial charge >= 0.3 is 0 Å². The van der Waals surface area contributed by atoms with E-state index in [0.29, 0.717) is 39.9 Å². The Morgan fingerprint density at radius 2 is 1.60 bits per heavy atom. The van der Waals surface area contributed by atoms with Gasteiger partial charge < -0.3 is 19.1 Å². The van der Waals surface area contributed by atoms with Gasteiger partial charge in [-0.25, -0.2) is 4.98 Å². The largest absolute Gasteiger partial charge is 0.493 e. The number of likely N-dealkylation sites (tertiary alicyclic amines) is 1. The lowest BCUT2D eigenvalue weighted by molar-refractivity contribution is 0.184. The molecule has 1 aromatic heterocycles. The van der Waals surface area contributed by atoms with Crippen LogP contribution in [0.15, 0.2) is 41.2 Å². The van der Waals surface area contributed by atoms with E-state index in [1.165, 1.54) is 19.3 Å². The molecule has 1 aliphatic heterocycles. The van der Waals surface area contributed by atoms with E-state index in [-0.39, 0.29) is 11.6 Å². The van der Waals surface area contributed by atoms with E-state index in [2.05, 4.69) is 18.7 Å². The van der Waals surface area contributed by atoms with Crippen LogP contribution < -0.4 is 19.8 Å². The zero-order valence-electron chi connectivity index (χ0n) is 21.5. The third-order valence-electron chi connectivity index (χ3n) is 6.76. The second-order valence-electron chi connectivity index (χ2n) is 9.69. The van der Waals surface area contributed by atoms with Gasteiger partial charge in [0, 0.05) is 12.1 Å². The molecule has 2 aromatic carbocycles. The highest BCUT2D eigenvalue weighted by Gasteiger charge is 2.26. The van der Waals surface area contributed by atoms with Gasteiger partial charge in [0.05, 0.1) is 38.3 Å². The minimum Gasteiger partial charge on any atom is -0.493 e. The molecule has 0 unspecified atom stereocenters. The van der Waals surface area contributed by atoms with Gasteiger partial charge in [0.1, 0.15) is 5.82 Å². The Kier molecular flexibility index (Phi) is 7.96. The summed E-state index contributed by atoms with van der Waals surface area (Å²) in [5, 5.41) is 0.635. The highest BCUT2D eigenvalue weighted by Crippen LogP contribution is 2.41. The molecule has 1 saturated heterocycles. The van der Waals surface area contributed by atoms with Crippen LogP contribution >= 0.6 is 0 Å². The van der Waals surface area contributed by atoms with E-state index in [9.17, 15) is 4.79 Å². The first-order valence-electron chi connectivity index (χ1n) is 12.5. The van der Waals surface area contributed by atoms with Crippen molar-refractivity contribution in [1.29, 1.82) is 0 Å². The van der Waals surface area contributed by atoms with Crippen LogP contribution in [0, 0.1) is 5.92 Å². The number of piperidine rings is 1. The van der Waals surface area contributed by atoms with Crippen LogP contribution in [0.1, 0.15) is 45.6 Å². The van der Waals surface area contributed by atoms with Gasteiger partial charge in [0.25, 0.3) is 5.56 Å². The molecule has 35 heavy (non-hydrogen) atoms. The fraction of sp³-hybridized carbons (Fsp3) is 0.500. The van der Waals surface area contributed by atoms with E-state index < -0.39 is 0 Å². The molecule has 0 N–H and O–H groups in total. The number of aromatic nitrogens is 2. The summed E-state index contributed by atoms with van der Waals surface area (Å²) in [6, 6.07) is 11.3. The molecule has 7 nitrogen and oxygen atoms in total. The number of ether oxygens (including phenoxy) is 3. The van der Waals surface area contributed by atoms with Crippen molar-refractivity contribution in [2.45, 2.75) is 45.6 Å². The molecule has 0 aliphatic carbocycles. The SMILES string of the molecule is COc1cc(-c2nc3ccccc3c(=O)n2[C@H](CC(C)C)CN2CCCCC2)cc(OC)c1OC. The van der Waals surface area contributed by atoms with Crippen LogP contribution in [0.25, 0.3) is 22.3 Å². The Labute approximate surface area is 207 Å². The van der Waals surface area contributed by atoms with Gasteiger partial charge in [-0.2, -0.15) is 0 Å². The Bertz CT molecular complexity index is 1190. The van der Waals surface area contributed by atoms with Crippen LogP contribution in [0.2, 0.25) is 0 Å². The fourth-order valence-electron chi connectivity index (χ4n) is 5.14. The highest BCUT2D eigenvalue weighted by molar-refractivity contribution is 5.80. The number of para-hydroxylation sites is 1. The summed E-state index contributed by atoms with van der Waals surface area (Å²) in [4.78, 5) is 21.6. The number of benzene rings is 2. The van der Waals surface area contributed by atoms with Crippen molar-refractivity contribution in [2.24, 2.45) is 5.92 Å². The molecule has 4 rings (SSSR count). The lowest BCUT2D eigenvalue weighted by atomic mass is 10.0. The first-order chi connectivity index (χ1) is 17.0. The minimum absolute atomic E-state index is 0.00759. The van der Waals surface area contributed by atoms with Gasteiger partial charge in [-0.3, -0.25) is 9.36 Å². The maximum Gasteiger partial charge on any atom is 0.261 e. The molecule has 7 heteroatoms. The molecule has 0 radical (unpaired) electrons. The standard InChI is InChI=1S/C28H37N3O4/c1-19(2)15-21(18-30-13-9-6-10-14-30)31-27(29-23-12-8-7-11-22(23)28(31)32)20-16-24(33-3)26(35-5)25(17-20)34-4/h7-8,11-12,16-17,19,21H,6,9-10,13-15,18H2,1-5H3/t21-/m1/s1. The van der Waals surface area contributed by atoms with Crippen molar-refractivity contribution in [3.8, 4) is 28.6 Å². The predicted octanol–water partition coefficient (Wildman–Crippen LogP) is 5.16. The lowest BCUT2D eigenvalue weighted by Gasteiger charge is -2.33. The number of fused-ring (bicyclic) bond motifs is 1. The molecule has 0 saturated carbocycles. The van der Waals surface area contributed by atoms with Crippen molar-refractivity contribution in [1.82, 2.24) is 14.5 Å². The Balaban J connectivity index is 1.95. The number of hydrogen-bond acceptors (Lipinski definition) is 6. The average molecular weight is 480 g/mol. The van der Waals surface area contributed by atoms with E-state index in [1.54, 1.807) is 21.3 Å². The molecule has 1 aliphatic rings. The van der Waals surface area contributed by atoms with Gasteiger partial charge in [-0.1, -0.05) is 32.4 Å². The molecule has 3 aromatic rings. The van der Waals surface area contributed by atoms with Crippen molar-refractivity contribution >= 4 is 10.9 Å². The lowest BCUT2D eigenvalue weighted by Crippen LogP contribution is -2.39. The summed E-state index contributed by atoms with van der Waals surface area (Å²) in [6.45, 7) is 7.40. The second-order valence-corrected chi connectivity index (χ2v) is 9.69. The number of hydrogen-bond donors (Lipinski definition) is 0. The summed E-state index contributed by atoms with van der Waals surface area (Å²) < 4.78 is 18.7. The molecule has 0 amide bonds. The monoisotopic (exact) mass is 479 g/mol. The summed E-state index contributed by atoms with van der Waals surface area (Å²) in [7, 11) is 4.78. The molecular formula is C28H37N3O4. The van der Waals surface area contributed by atoms with Crippen molar-refractivity contribution in [3.05, 3.63) is 46.8 Å². The van der Waals surface area contributed by atoms with Crippen LogP contribution in [0.3, 0.4) is 0 Å². The Morgan fingerprint density at radius 1 is 0.943 bits per heavy atom. The topological polar surface area (TPSA) is 65.8 Å². The van der Waals surface area contributed by atoms with Crippen molar-refractivity contribution < 1.29 is 14.2 Å². The smallest absolute Gasteiger partial charge is 0.261 e. The normalized spacial score (nSPS) is 15.4. The molecule has 1 atom stereocenters. The molecule has 0 bridgehead atoms. The quantitative estimate of drug-likeness (QED) is 0.422. The van der Waals surface area contributed by atoms with Crippen LogP contribution in [-0.4, -0.2) is 55.4 Å².